The van der Waals surface area contributed by atoms with Gasteiger partial charge in [-0.3, -0.25) is 9.59 Å². The molecule has 0 unspecified atom stereocenters. The van der Waals surface area contributed by atoms with Gasteiger partial charge < -0.3 is 15.5 Å². The molecule has 2 N–H and O–H groups in total. The van der Waals surface area contributed by atoms with Crippen LogP contribution in [0.25, 0.3) is 10.9 Å². The summed E-state index contributed by atoms with van der Waals surface area (Å²) in [5, 5.41) is 0.766. The number of pyridine rings is 1. The quantitative estimate of drug-likeness (QED) is 0.905. The maximum atomic E-state index is 12.6. The van der Waals surface area contributed by atoms with Crippen LogP contribution in [0.15, 0.2) is 30.3 Å². The molecule has 4 rings (SSSR count). The van der Waals surface area contributed by atoms with Crippen molar-refractivity contribution in [1.82, 2.24) is 9.88 Å². The van der Waals surface area contributed by atoms with E-state index in [0.29, 0.717) is 12.1 Å². The molecule has 2 aromatic rings. The van der Waals surface area contributed by atoms with E-state index in [4.69, 9.17) is 10.7 Å². The van der Waals surface area contributed by atoms with Gasteiger partial charge in [0.2, 0.25) is 11.8 Å². The average Bonchev–Trinajstić information content (AvgIpc) is 2.79. The molecule has 0 aliphatic carbocycles. The summed E-state index contributed by atoms with van der Waals surface area (Å²) in [5.41, 5.74) is 6.83. The van der Waals surface area contributed by atoms with Gasteiger partial charge in [-0.25, -0.2) is 4.98 Å². The average molecular weight is 338 g/mol. The first-order chi connectivity index (χ1) is 12.0. The van der Waals surface area contributed by atoms with E-state index < -0.39 is 5.91 Å². The van der Waals surface area contributed by atoms with Crippen molar-refractivity contribution >= 4 is 28.5 Å². The Bertz CT molecular complexity index is 850. The van der Waals surface area contributed by atoms with Gasteiger partial charge in [-0.05, 0) is 25.0 Å². The zero-order valence-electron chi connectivity index (χ0n) is 14.3. The second-order valence-electron chi connectivity index (χ2n) is 7.05. The molecule has 2 aliphatic rings. The third-order valence-corrected chi connectivity index (χ3v) is 5.50. The first-order valence-electron chi connectivity index (χ1n) is 8.76. The molecule has 1 aromatic carbocycles. The Hall–Kier alpha value is -2.63. The van der Waals surface area contributed by atoms with Gasteiger partial charge in [-0.15, -0.1) is 0 Å². The number of nitrogens with two attached hydrogens (primary N) is 1. The maximum absolute atomic E-state index is 12.6. The maximum Gasteiger partial charge on any atom is 0.249 e. The normalized spacial score (nSPS) is 23.6. The first kappa shape index (κ1) is 15.9. The lowest BCUT2D eigenvalue weighted by Gasteiger charge is -2.30. The molecular formula is C19H22N4O2. The fourth-order valence-corrected chi connectivity index (χ4v) is 4.08. The highest BCUT2D eigenvalue weighted by Crippen LogP contribution is 2.30. The van der Waals surface area contributed by atoms with Crippen molar-refractivity contribution in [2.45, 2.75) is 25.3 Å². The van der Waals surface area contributed by atoms with Gasteiger partial charge in [0, 0.05) is 31.6 Å². The highest BCUT2D eigenvalue weighted by molar-refractivity contribution is 6.06. The summed E-state index contributed by atoms with van der Waals surface area (Å²) in [4.78, 5) is 33.3. The van der Waals surface area contributed by atoms with Crippen molar-refractivity contribution < 1.29 is 9.59 Å². The lowest BCUT2D eigenvalue weighted by atomic mass is 9.99. The van der Waals surface area contributed by atoms with E-state index in [1.807, 2.05) is 36.2 Å². The number of carbonyl (C=O) groups is 2. The molecule has 2 fully saturated rings. The number of hydrogen-bond donors (Lipinski definition) is 1. The van der Waals surface area contributed by atoms with E-state index in [2.05, 4.69) is 4.90 Å². The fraction of sp³-hybridized carbons (Fsp3) is 0.421. The zero-order chi connectivity index (χ0) is 17.6. The molecule has 25 heavy (non-hydrogen) atoms. The number of rotatable bonds is 2. The Morgan fingerprint density at radius 1 is 1.24 bits per heavy atom. The van der Waals surface area contributed by atoms with Crippen LogP contribution < -0.4 is 10.6 Å². The van der Waals surface area contributed by atoms with Gasteiger partial charge in [0.25, 0.3) is 0 Å². The summed E-state index contributed by atoms with van der Waals surface area (Å²) in [7, 11) is 1.90. The van der Waals surface area contributed by atoms with Gasteiger partial charge in [-0.2, -0.15) is 0 Å². The highest BCUT2D eigenvalue weighted by Gasteiger charge is 2.37. The minimum Gasteiger partial charge on any atom is -0.366 e. The molecule has 130 valence electrons. The number of primary amides is 1. The Labute approximate surface area is 146 Å². The molecule has 2 amide bonds. The Morgan fingerprint density at radius 2 is 2.04 bits per heavy atom. The SMILES string of the molecule is CN1C(=O)[C@@H]2CCC[C@H]1CN(c1cc(C(N)=O)c3ccccc3n1)C2. The zero-order valence-corrected chi connectivity index (χ0v) is 14.3. The molecule has 0 radical (unpaired) electrons. The van der Waals surface area contributed by atoms with Crippen molar-refractivity contribution in [1.29, 1.82) is 0 Å². The van der Waals surface area contributed by atoms with Crippen LogP contribution in [0.4, 0.5) is 5.82 Å². The number of anilines is 1. The van der Waals surface area contributed by atoms with E-state index in [1.54, 1.807) is 6.07 Å². The Balaban J connectivity index is 1.79. The molecule has 1 aromatic heterocycles. The van der Waals surface area contributed by atoms with Gasteiger partial charge in [0.1, 0.15) is 5.82 Å². The molecule has 2 atom stereocenters. The van der Waals surface area contributed by atoms with E-state index in [9.17, 15) is 9.59 Å². The Kier molecular flexibility index (Phi) is 3.82. The Morgan fingerprint density at radius 3 is 2.84 bits per heavy atom. The van der Waals surface area contributed by atoms with Gasteiger partial charge in [0.05, 0.1) is 17.0 Å². The number of benzene rings is 1. The van der Waals surface area contributed by atoms with E-state index >= 15 is 0 Å². The minimum atomic E-state index is -0.455. The second-order valence-corrected chi connectivity index (χ2v) is 7.05. The van der Waals surface area contributed by atoms with Gasteiger partial charge in [-0.1, -0.05) is 24.6 Å². The summed E-state index contributed by atoms with van der Waals surface area (Å²) >= 11 is 0. The number of fused-ring (bicyclic) bond motifs is 4. The number of nitrogens with zero attached hydrogens (tertiary/aromatic N) is 3. The summed E-state index contributed by atoms with van der Waals surface area (Å²) < 4.78 is 0. The number of carbonyl (C=O) groups excluding carboxylic acids is 2. The van der Waals surface area contributed by atoms with Crippen LogP contribution in [0.5, 0.6) is 0 Å². The van der Waals surface area contributed by atoms with Crippen molar-refractivity contribution in [2.24, 2.45) is 11.7 Å². The third kappa shape index (κ3) is 2.71. The smallest absolute Gasteiger partial charge is 0.249 e. The predicted molar refractivity (Wildman–Crippen MR) is 96.4 cm³/mol. The van der Waals surface area contributed by atoms with Crippen molar-refractivity contribution in [3.8, 4) is 0 Å². The molecule has 2 aliphatic heterocycles. The summed E-state index contributed by atoms with van der Waals surface area (Å²) in [6.45, 7) is 1.38. The number of amides is 2. The summed E-state index contributed by atoms with van der Waals surface area (Å²) in [6.07, 6.45) is 2.99. The summed E-state index contributed by atoms with van der Waals surface area (Å²) in [6, 6.07) is 9.49. The molecular weight excluding hydrogens is 316 g/mol. The predicted octanol–water partition coefficient (Wildman–Crippen LogP) is 1.78. The second kappa shape index (κ2) is 6.02. The molecule has 2 bridgehead atoms. The lowest BCUT2D eigenvalue weighted by molar-refractivity contribution is -0.134. The highest BCUT2D eigenvalue weighted by atomic mass is 16.2. The minimum absolute atomic E-state index is 0.0113. The molecule has 6 nitrogen and oxygen atoms in total. The molecule has 6 heteroatoms. The standard InChI is InChI=1S/C19H22N4O2/c1-22-13-6-4-5-12(19(22)25)10-23(11-13)17-9-15(18(20)24)14-7-2-3-8-16(14)21-17/h2-3,7-9,12-13H,4-6,10-11H2,1H3,(H2,20,24)/t12-,13+/m1/s1. The number of likely N-dealkylation sites (N-methyl/N-ethyl adjacent to an activating group) is 1. The van der Waals surface area contributed by atoms with E-state index in [0.717, 1.165) is 42.5 Å². The largest absolute Gasteiger partial charge is 0.366 e. The van der Waals surface area contributed by atoms with Crippen LogP contribution in [0, 0.1) is 5.92 Å². The van der Waals surface area contributed by atoms with Crippen LogP contribution in [0.2, 0.25) is 0 Å². The molecule has 2 saturated heterocycles. The van der Waals surface area contributed by atoms with Crippen LogP contribution >= 0.6 is 0 Å². The van der Waals surface area contributed by atoms with E-state index in [-0.39, 0.29) is 17.9 Å². The lowest BCUT2D eigenvalue weighted by Crippen LogP contribution is -2.40. The van der Waals surface area contributed by atoms with Gasteiger partial charge >= 0.3 is 0 Å². The van der Waals surface area contributed by atoms with Crippen LogP contribution in [-0.2, 0) is 4.79 Å². The van der Waals surface area contributed by atoms with Gasteiger partial charge in [0.15, 0.2) is 0 Å². The molecule has 3 heterocycles. The number of aromatic nitrogens is 1. The number of hydrogen-bond acceptors (Lipinski definition) is 4. The van der Waals surface area contributed by atoms with Crippen LogP contribution in [-0.4, -0.2) is 47.9 Å². The fourth-order valence-electron chi connectivity index (χ4n) is 4.08. The molecule has 0 saturated carbocycles. The van der Waals surface area contributed by atoms with Crippen LogP contribution in [0.1, 0.15) is 29.6 Å². The summed E-state index contributed by atoms with van der Waals surface area (Å²) in [5.74, 6) is 0.485. The molecule has 0 spiro atoms. The third-order valence-electron chi connectivity index (χ3n) is 5.50. The van der Waals surface area contributed by atoms with Crippen molar-refractivity contribution in [2.75, 3.05) is 25.0 Å². The number of para-hydroxylation sites is 1. The van der Waals surface area contributed by atoms with Crippen molar-refractivity contribution in [3.05, 3.63) is 35.9 Å². The topological polar surface area (TPSA) is 79.5 Å². The van der Waals surface area contributed by atoms with Crippen molar-refractivity contribution in [3.63, 3.8) is 0 Å². The van der Waals surface area contributed by atoms with E-state index in [1.165, 1.54) is 0 Å². The first-order valence-corrected chi connectivity index (χ1v) is 8.76. The van der Waals surface area contributed by atoms with Crippen LogP contribution in [0.3, 0.4) is 0 Å². The monoisotopic (exact) mass is 338 g/mol.